The predicted octanol–water partition coefficient (Wildman–Crippen LogP) is 1.80. The van der Waals surface area contributed by atoms with Gasteiger partial charge in [-0.05, 0) is 11.8 Å². The first-order chi connectivity index (χ1) is 6.13. The number of aliphatic hydroxyl groups is 1. The van der Waals surface area contributed by atoms with Gasteiger partial charge >= 0.3 is 0 Å². The molecule has 0 saturated heterocycles. The van der Waals surface area contributed by atoms with Gasteiger partial charge in [0.25, 0.3) is 0 Å². The van der Waals surface area contributed by atoms with E-state index in [0.717, 1.165) is 0 Å². The first-order valence-electron chi connectivity index (χ1n) is 4.57. The van der Waals surface area contributed by atoms with E-state index in [1.165, 1.54) is 0 Å². The molecule has 0 aliphatic carbocycles. The summed E-state index contributed by atoms with van der Waals surface area (Å²) in [5.74, 6) is 0.647. The van der Waals surface area contributed by atoms with Crippen LogP contribution in [0.25, 0.3) is 0 Å². The summed E-state index contributed by atoms with van der Waals surface area (Å²) in [6, 6.07) is 0. The lowest BCUT2D eigenvalue weighted by atomic mass is 9.91. The summed E-state index contributed by atoms with van der Waals surface area (Å²) in [6.07, 6.45) is 4.32. The van der Waals surface area contributed by atoms with E-state index in [1.54, 1.807) is 18.6 Å². The van der Waals surface area contributed by atoms with E-state index < -0.39 is 6.10 Å². The lowest BCUT2D eigenvalue weighted by Crippen LogP contribution is -2.16. The molecule has 0 aliphatic rings. The minimum absolute atomic E-state index is 0.205. The molecule has 3 heteroatoms. The molecule has 1 N–H and O–H groups in total. The van der Waals surface area contributed by atoms with E-state index >= 15 is 0 Å². The van der Waals surface area contributed by atoms with Crippen LogP contribution in [-0.4, -0.2) is 15.1 Å². The zero-order chi connectivity index (χ0) is 9.84. The van der Waals surface area contributed by atoms with E-state index in [9.17, 15) is 5.11 Å². The Hall–Kier alpha value is -0.960. The Kier molecular flexibility index (Phi) is 3.37. The highest BCUT2D eigenvalue weighted by atomic mass is 16.3. The molecule has 0 radical (unpaired) electrons. The Morgan fingerprint density at radius 3 is 2.38 bits per heavy atom. The van der Waals surface area contributed by atoms with Gasteiger partial charge in [-0.1, -0.05) is 20.8 Å². The Morgan fingerprint density at radius 2 is 1.92 bits per heavy atom. The van der Waals surface area contributed by atoms with Gasteiger partial charge in [-0.25, -0.2) is 0 Å². The first kappa shape index (κ1) is 10.1. The van der Waals surface area contributed by atoms with Crippen LogP contribution < -0.4 is 0 Å². The maximum atomic E-state index is 9.86. The molecule has 0 aromatic carbocycles. The van der Waals surface area contributed by atoms with Gasteiger partial charge in [0.05, 0.1) is 11.9 Å². The highest BCUT2D eigenvalue weighted by Gasteiger charge is 2.20. The van der Waals surface area contributed by atoms with Crippen LogP contribution in [-0.2, 0) is 0 Å². The number of hydrogen-bond acceptors (Lipinski definition) is 3. The fourth-order valence-electron chi connectivity index (χ4n) is 1.10. The minimum Gasteiger partial charge on any atom is -0.386 e. The number of aliphatic hydroxyl groups excluding tert-OH is 1. The van der Waals surface area contributed by atoms with Gasteiger partial charge in [0, 0.05) is 12.4 Å². The van der Waals surface area contributed by atoms with Gasteiger partial charge in [0.15, 0.2) is 0 Å². The summed E-state index contributed by atoms with van der Waals surface area (Å²) in [5, 5.41) is 9.86. The van der Waals surface area contributed by atoms with Gasteiger partial charge in [-0.2, -0.15) is 0 Å². The second-order valence-electron chi connectivity index (χ2n) is 3.68. The second-order valence-corrected chi connectivity index (χ2v) is 3.68. The van der Waals surface area contributed by atoms with E-state index in [-0.39, 0.29) is 5.92 Å². The van der Waals surface area contributed by atoms with Crippen molar-refractivity contribution in [2.24, 2.45) is 11.8 Å². The zero-order valence-electron chi connectivity index (χ0n) is 8.31. The fourth-order valence-corrected chi connectivity index (χ4v) is 1.10. The number of aromatic nitrogens is 2. The standard InChI is InChI=1S/C10H16N2O/c1-7(2)8(3)10(13)9-6-11-4-5-12-9/h4-8,10,13H,1-3H3. The minimum atomic E-state index is -0.506. The van der Waals surface area contributed by atoms with Crippen LogP contribution in [0.2, 0.25) is 0 Å². The number of rotatable bonds is 3. The molecule has 0 spiro atoms. The molecule has 13 heavy (non-hydrogen) atoms. The molecule has 1 rings (SSSR count). The van der Waals surface area contributed by atoms with E-state index in [4.69, 9.17) is 0 Å². The van der Waals surface area contributed by atoms with Crippen molar-refractivity contribution in [1.29, 1.82) is 0 Å². The maximum absolute atomic E-state index is 9.86. The van der Waals surface area contributed by atoms with Gasteiger partial charge in [0.2, 0.25) is 0 Å². The van der Waals surface area contributed by atoms with E-state index in [2.05, 4.69) is 23.8 Å². The van der Waals surface area contributed by atoms with Gasteiger partial charge < -0.3 is 5.11 Å². The van der Waals surface area contributed by atoms with Crippen LogP contribution in [0, 0.1) is 11.8 Å². The van der Waals surface area contributed by atoms with E-state index in [0.29, 0.717) is 11.6 Å². The summed E-state index contributed by atoms with van der Waals surface area (Å²) in [6.45, 7) is 6.19. The zero-order valence-corrected chi connectivity index (χ0v) is 8.31. The average molecular weight is 180 g/mol. The molecule has 0 fully saturated rings. The Balaban J connectivity index is 2.73. The lowest BCUT2D eigenvalue weighted by Gasteiger charge is -2.21. The van der Waals surface area contributed by atoms with Crippen LogP contribution in [0.15, 0.2) is 18.6 Å². The van der Waals surface area contributed by atoms with Crippen molar-refractivity contribution in [1.82, 2.24) is 9.97 Å². The lowest BCUT2D eigenvalue weighted by molar-refractivity contribution is 0.0879. The van der Waals surface area contributed by atoms with Crippen LogP contribution in [0.5, 0.6) is 0 Å². The third kappa shape index (κ3) is 2.49. The number of hydrogen-bond donors (Lipinski definition) is 1. The van der Waals surface area contributed by atoms with Gasteiger partial charge in [-0.15, -0.1) is 0 Å². The summed E-state index contributed by atoms with van der Waals surface area (Å²) < 4.78 is 0. The molecular formula is C10H16N2O. The average Bonchev–Trinajstić information content (AvgIpc) is 2.17. The van der Waals surface area contributed by atoms with Gasteiger partial charge in [0.1, 0.15) is 6.10 Å². The summed E-state index contributed by atoms with van der Waals surface area (Å²) >= 11 is 0. The number of nitrogens with zero attached hydrogens (tertiary/aromatic N) is 2. The molecule has 0 bridgehead atoms. The quantitative estimate of drug-likeness (QED) is 0.771. The van der Waals surface area contributed by atoms with Crippen molar-refractivity contribution in [3.8, 4) is 0 Å². The smallest absolute Gasteiger partial charge is 0.100 e. The molecule has 1 aromatic heterocycles. The topological polar surface area (TPSA) is 46.0 Å². The molecule has 1 heterocycles. The van der Waals surface area contributed by atoms with Crippen molar-refractivity contribution < 1.29 is 5.11 Å². The van der Waals surface area contributed by atoms with Crippen LogP contribution in [0.4, 0.5) is 0 Å². The fraction of sp³-hybridized carbons (Fsp3) is 0.600. The van der Waals surface area contributed by atoms with Crippen molar-refractivity contribution in [3.05, 3.63) is 24.3 Å². The molecule has 0 saturated carbocycles. The van der Waals surface area contributed by atoms with Crippen LogP contribution in [0.3, 0.4) is 0 Å². The monoisotopic (exact) mass is 180 g/mol. The third-order valence-electron chi connectivity index (χ3n) is 2.44. The molecule has 2 unspecified atom stereocenters. The molecule has 0 aliphatic heterocycles. The van der Waals surface area contributed by atoms with Crippen molar-refractivity contribution in [2.45, 2.75) is 26.9 Å². The largest absolute Gasteiger partial charge is 0.386 e. The SMILES string of the molecule is CC(C)C(C)C(O)c1cnccn1. The highest BCUT2D eigenvalue weighted by Crippen LogP contribution is 2.25. The van der Waals surface area contributed by atoms with Crippen molar-refractivity contribution >= 4 is 0 Å². The maximum Gasteiger partial charge on any atom is 0.100 e. The van der Waals surface area contributed by atoms with Crippen molar-refractivity contribution in [2.75, 3.05) is 0 Å². The Labute approximate surface area is 78.9 Å². The second kappa shape index (κ2) is 4.33. The van der Waals surface area contributed by atoms with Crippen molar-refractivity contribution in [3.63, 3.8) is 0 Å². The summed E-state index contributed by atoms with van der Waals surface area (Å²) in [5.41, 5.74) is 0.656. The normalized spacial score (nSPS) is 15.8. The van der Waals surface area contributed by atoms with Crippen LogP contribution in [0.1, 0.15) is 32.6 Å². The molecule has 3 nitrogen and oxygen atoms in total. The Bertz CT molecular complexity index is 248. The van der Waals surface area contributed by atoms with E-state index in [1.807, 2.05) is 6.92 Å². The van der Waals surface area contributed by atoms with Gasteiger partial charge in [-0.3, -0.25) is 9.97 Å². The third-order valence-corrected chi connectivity index (χ3v) is 2.44. The molecule has 2 atom stereocenters. The summed E-state index contributed by atoms with van der Waals surface area (Å²) in [4.78, 5) is 7.99. The predicted molar refractivity (Wildman–Crippen MR) is 51.0 cm³/mol. The molecule has 0 amide bonds. The summed E-state index contributed by atoms with van der Waals surface area (Å²) in [7, 11) is 0. The Morgan fingerprint density at radius 1 is 1.23 bits per heavy atom. The molecule has 72 valence electrons. The van der Waals surface area contributed by atoms with Crippen LogP contribution >= 0.6 is 0 Å². The molecule has 1 aromatic rings. The molecular weight excluding hydrogens is 164 g/mol. The first-order valence-corrected chi connectivity index (χ1v) is 4.57. The highest BCUT2D eigenvalue weighted by molar-refractivity contribution is 5.00.